The van der Waals surface area contributed by atoms with E-state index in [1.807, 2.05) is 39.0 Å². The Bertz CT molecular complexity index is 928. The summed E-state index contributed by atoms with van der Waals surface area (Å²) in [5.41, 5.74) is 2.62. The zero-order valence-electron chi connectivity index (χ0n) is 18.4. The molecule has 7 nitrogen and oxygen atoms in total. The van der Waals surface area contributed by atoms with Gasteiger partial charge in [0.25, 0.3) is 5.91 Å². The zero-order valence-corrected chi connectivity index (χ0v) is 18.4. The number of hydrogen-bond acceptors (Lipinski definition) is 5. The van der Waals surface area contributed by atoms with Gasteiger partial charge in [-0.05, 0) is 62.6 Å². The number of para-hydroxylation sites is 1. The molecule has 1 heterocycles. The molecule has 1 aliphatic heterocycles. The topological polar surface area (TPSA) is 77.1 Å². The number of nitrogens with zero attached hydrogens (tertiary/aromatic N) is 1. The van der Waals surface area contributed by atoms with Crippen molar-refractivity contribution < 1.29 is 23.8 Å². The van der Waals surface area contributed by atoms with E-state index in [1.54, 1.807) is 23.1 Å². The highest BCUT2D eigenvalue weighted by molar-refractivity contribution is 5.98. The van der Waals surface area contributed by atoms with E-state index in [2.05, 4.69) is 5.32 Å². The summed E-state index contributed by atoms with van der Waals surface area (Å²) in [4.78, 5) is 27.1. The first-order valence-electron chi connectivity index (χ1n) is 10.8. The van der Waals surface area contributed by atoms with Crippen molar-refractivity contribution in [2.75, 3.05) is 32.9 Å². The van der Waals surface area contributed by atoms with Crippen molar-refractivity contribution in [2.24, 2.45) is 0 Å². The molecular weight excluding hydrogens is 396 g/mol. The Morgan fingerprint density at radius 3 is 2.19 bits per heavy atom. The molecule has 0 spiro atoms. The highest BCUT2D eigenvalue weighted by Crippen LogP contribution is 2.34. The summed E-state index contributed by atoms with van der Waals surface area (Å²) in [7, 11) is 0. The van der Waals surface area contributed by atoms with Gasteiger partial charge >= 0.3 is 0 Å². The Balaban J connectivity index is 1.64. The number of hydrogen-bond donors (Lipinski definition) is 1. The molecular formula is C24H30N2O5. The van der Waals surface area contributed by atoms with Gasteiger partial charge in [-0.1, -0.05) is 12.1 Å². The average Bonchev–Trinajstić information content (AvgIpc) is 2.78. The van der Waals surface area contributed by atoms with E-state index in [0.29, 0.717) is 50.0 Å². The minimum absolute atomic E-state index is 0.0655. The molecule has 0 saturated carbocycles. The summed E-state index contributed by atoms with van der Waals surface area (Å²) in [6.45, 7) is 8.30. The van der Waals surface area contributed by atoms with Crippen molar-refractivity contribution in [2.45, 2.75) is 33.7 Å². The lowest BCUT2D eigenvalue weighted by atomic mass is 9.98. The molecule has 0 saturated heterocycles. The SMILES string of the molecule is CCOc1cc2c(cc1OCC)CN(C(=O)CNC(=O)c1ccccc1OCC)CC2. The van der Waals surface area contributed by atoms with Crippen LogP contribution in [-0.2, 0) is 17.8 Å². The van der Waals surface area contributed by atoms with Gasteiger partial charge in [-0.25, -0.2) is 0 Å². The van der Waals surface area contributed by atoms with Crippen LogP contribution in [0.5, 0.6) is 17.2 Å². The molecule has 2 aromatic carbocycles. The molecule has 0 aromatic heterocycles. The summed E-state index contributed by atoms with van der Waals surface area (Å²) in [6, 6.07) is 11.0. The first kappa shape index (κ1) is 22.5. The molecule has 1 aliphatic rings. The molecule has 31 heavy (non-hydrogen) atoms. The van der Waals surface area contributed by atoms with Gasteiger partial charge in [-0.15, -0.1) is 0 Å². The van der Waals surface area contributed by atoms with E-state index in [9.17, 15) is 9.59 Å². The molecule has 0 radical (unpaired) electrons. The second-order valence-electron chi connectivity index (χ2n) is 7.11. The second-order valence-corrected chi connectivity index (χ2v) is 7.11. The second kappa shape index (κ2) is 10.7. The van der Waals surface area contributed by atoms with Crippen molar-refractivity contribution in [3.05, 3.63) is 53.1 Å². The third-order valence-corrected chi connectivity index (χ3v) is 5.06. The van der Waals surface area contributed by atoms with Gasteiger partial charge in [0.1, 0.15) is 5.75 Å². The van der Waals surface area contributed by atoms with Crippen LogP contribution in [0, 0.1) is 0 Å². The lowest BCUT2D eigenvalue weighted by Crippen LogP contribution is -2.42. The molecule has 0 fully saturated rings. The summed E-state index contributed by atoms with van der Waals surface area (Å²) < 4.78 is 16.9. The Labute approximate surface area is 183 Å². The average molecular weight is 427 g/mol. The number of fused-ring (bicyclic) bond motifs is 1. The number of benzene rings is 2. The predicted molar refractivity (Wildman–Crippen MR) is 118 cm³/mol. The minimum Gasteiger partial charge on any atom is -0.493 e. The number of carbonyl (C=O) groups is 2. The number of nitrogens with one attached hydrogen (secondary N) is 1. The van der Waals surface area contributed by atoms with E-state index >= 15 is 0 Å². The van der Waals surface area contributed by atoms with Crippen LogP contribution in [-0.4, -0.2) is 49.6 Å². The molecule has 7 heteroatoms. The highest BCUT2D eigenvalue weighted by atomic mass is 16.5. The Morgan fingerprint density at radius 1 is 0.903 bits per heavy atom. The van der Waals surface area contributed by atoms with Crippen molar-refractivity contribution in [1.29, 1.82) is 0 Å². The first-order valence-corrected chi connectivity index (χ1v) is 10.8. The third-order valence-electron chi connectivity index (χ3n) is 5.06. The maximum atomic E-state index is 12.8. The van der Waals surface area contributed by atoms with Gasteiger partial charge in [0.15, 0.2) is 11.5 Å². The maximum absolute atomic E-state index is 12.8. The maximum Gasteiger partial charge on any atom is 0.255 e. The summed E-state index contributed by atoms with van der Waals surface area (Å²) in [5, 5.41) is 2.72. The molecule has 0 aliphatic carbocycles. The lowest BCUT2D eigenvalue weighted by Gasteiger charge is -2.30. The van der Waals surface area contributed by atoms with Gasteiger partial charge in [0.05, 0.1) is 31.9 Å². The number of carbonyl (C=O) groups excluding carboxylic acids is 2. The first-order chi connectivity index (χ1) is 15.1. The Hall–Kier alpha value is -3.22. The van der Waals surface area contributed by atoms with Crippen LogP contribution >= 0.6 is 0 Å². The fraction of sp³-hybridized carbons (Fsp3) is 0.417. The van der Waals surface area contributed by atoms with E-state index in [-0.39, 0.29) is 18.4 Å². The summed E-state index contributed by atoms with van der Waals surface area (Å²) in [5.74, 6) is 1.49. The van der Waals surface area contributed by atoms with Gasteiger partial charge < -0.3 is 24.4 Å². The number of ether oxygens (including phenoxy) is 3. The fourth-order valence-corrected chi connectivity index (χ4v) is 3.61. The van der Waals surface area contributed by atoms with E-state index in [1.165, 1.54) is 0 Å². The highest BCUT2D eigenvalue weighted by Gasteiger charge is 2.23. The summed E-state index contributed by atoms with van der Waals surface area (Å²) in [6.07, 6.45) is 0.731. The minimum atomic E-state index is -0.324. The largest absolute Gasteiger partial charge is 0.493 e. The van der Waals surface area contributed by atoms with Crippen molar-refractivity contribution in [3.8, 4) is 17.2 Å². The van der Waals surface area contributed by atoms with Crippen LogP contribution in [0.1, 0.15) is 42.3 Å². The number of rotatable bonds is 9. The van der Waals surface area contributed by atoms with Crippen LogP contribution in [0.25, 0.3) is 0 Å². The van der Waals surface area contributed by atoms with E-state index in [4.69, 9.17) is 14.2 Å². The van der Waals surface area contributed by atoms with Crippen LogP contribution < -0.4 is 19.5 Å². The van der Waals surface area contributed by atoms with Crippen LogP contribution in [0.4, 0.5) is 0 Å². The summed E-state index contributed by atoms with van der Waals surface area (Å²) >= 11 is 0. The van der Waals surface area contributed by atoms with Crippen molar-refractivity contribution in [1.82, 2.24) is 10.2 Å². The van der Waals surface area contributed by atoms with Gasteiger partial charge in [-0.2, -0.15) is 0 Å². The standard InChI is InChI=1S/C24H30N2O5/c1-4-29-20-10-8-7-9-19(20)24(28)25-15-23(27)26-12-11-17-13-21(30-5-2)22(31-6-3)14-18(17)16-26/h7-10,13-14H,4-6,11-12,15-16H2,1-3H3,(H,25,28). The molecule has 0 unspecified atom stereocenters. The Kier molecular flexibility index (Phi) is 7.76. The predicted octanol–water partition coefficient (Wildman–Crippen LogP) is 3.20. The number of amides is 2. The van der Waals surface area contributed by atoms with Crippen molar-refractivity contribution in [3.63, 3.8) is 0 Å². The lowest BCUT2D eigenvalue weighted by molar-refractivity contribution is -0.131. The normalized spacial score (nSPS) is 12.7. The quantitative estimate of drug-likeness (QED) is 0.666. The van der Waals surface area contributed by atoms with Crippen molar-refractivity contribution >= 4 is 11.8 Å². The molecule has 0 atom stereocenters. The van der Waals surface area contributed by atoms with E-state index < -0.39 is 0 Å². The van der Waals surface area contributed by atoms with Gasteiger partial charge in [-0.3, -0.25) is 9.59 Å². The smallest absolute Gasteiger partial charge is 0.255 e. The van der Waals surface area contributed by atoms with E-state index in [0.717, 1.165) is 23.3 Å². The van der Waals surface area contributed by atoms with Gasteiger partial charge in [0.2, 0.25) is 5.91 Å². The van der Waals surface area contributed by atoms with Crippen LogP contribution in [0.3, 0.4) is 0 Å². The molecule has 166 valence electrons. The molecule has 0 bridgehead atoms. The molecule has 2 amide bonds. The molecule has 1 N–H and O–H groups in total. The zero-order chi connectivity index (χ0) is 22.2. The fourth-order valence-electron chi connectivity index (χ4n) is 3.61. The van der Waals surface area contributed by atoms with Crippen LogP contribution in [0.2, 0.25) is 0 Å². The molecule has 2 aromatic rings. The third kappa shape index (κ3) is 5.48. The van der Waals surface area contributed by atoms with Gasteiger partial charge in [0, 0.05) is 13.1 Å². The Morgan fingerprint density at radius 2 is 1.52 bits per heavy atom. The van der Waals surface area contributed by atoms with Crippen LogP contribution in [0.15, 0.2) is 36.4 Å². The molecule has 3 rings (SSSR count). The monoisotopic (exact) mass is 426 g/mol.